The van der Waals surface area contributed by atoms with Gasteiger partial charge in [-0.2, -0.15) is 0 Å². The van der Waals surface area contributed by atoms with Crippen molar-refractivity contribution in [1.82, 2.24) is 9.88 Å². The molecule has 13 heteroatoms. The van der Waals surface area contributed by atoms with Crippen molar-refractivity contribution in [2.75, 3.05) is 30.0 Å². The summed E-state index contributed by atoms with van der Waals surface area (Å²) in [5.41, 5.74) is 6.68. The number of nitrogens with two attached hydrogens (primary N) is 1. The van der Waals surface area contributed by atoms with Crippen LogP contribution < -0.4 is 15.8 Å². The van der Waals surface area contributed by atoms with Crippen LogP contribution in [0, 0.1) is 5.82 Å². The Balaban J connectivity index is 1.63. The van der Waals surface area contributed by atoms with E-state index in [1.54, 1.807) is 49.5 Å². The van der Waals surface area contributed by atoms with Crippen LogP contribution in [0.15, 0.2) is 77.8 Å². The lowest BCUT2D eigenvalue weighted by atomic mass is 9.99. The van der Waals surface area contributed by atoms with Crippen LogP contribution in [0.2, 0.25) is 0 Å². The Labute approximate surface area is 259 Å². The number of sulfone groups is 1. The van der Waals surface area contributed by atoms with Crippen LogP contribution >= 0.6 is 0 Å². The van der Waals surface area contributed by atoms with E-state index < -0.39 is 45.9 Å². The van der Waals surface area contributed by atoms with Gasteiger partial charge in [-0.3, -0.25) is 4.79 Å². The lowest BCUT2D eigenvalue weighted by Crippen LogP contribution is -2.40. The number of pyridine rings is 1. The Kier molecular flexibility index (Phi) is 9.09. The first-order valence-corrected chi connectivity index (χ1v) is 16.0. The smallest absolute Gasteiger partial charge is 0.494 e. The number of carbonyl (C=O) groups excluding carboxylic acids is 1. The Morgan fingerprint density at radius 3 is 2.64 bits per heavy atom. The summed E-state index contributed by atoms with van der Waals surface area (Å²) in [7, 11) is -3.78. The molecule has 5 rings (SSSR count). The van der Waals surface area contributed by atoms with Gasteiger partial charge in [0.15, 0.2) is 9.84 Å². The summed E-state index contributed by atoms with van der Waals surface area (Å²) in [6, 6.07) is 14.7. The number of benzene rings is 3. The molecular formula is C32H33FN4O7S. The number of hydrogen-bond donors (Lipinski definition) is 3. The number of ether oxygens (including phenoxy) is 2. The summed E-state index contributed by atoms with van der Waals surface area (Å²) in [5.74, 6) is -0.845. The Bertz CT molecular complexity index is 1850. The van der Waals surface area contributed by atoms with Gasteiger partial charge in [0.1, 0.15) is 29.5 Å². The minimum Gasteiger partial charge on any atom is -0.494 e. The van der Waals surface area contributed by atoms with Crippen LogP contribution in [0.5, 0.6) is 5.75 Å². The molecule has 1 aliphatic rings. The maximum Gasteiger partial charge on any atom is 0.506 e. The standard InChI is InChI=1S/C32H33FN4O7S/c1-3-43-21-10-12-25(33)24(18-21)28(36-20-9-11-22-19(17-20)13-15-35-30(22)34)31(38)37-16-14-26(44-32(39)40)29(37)23-7-5-6-8-27(23)45(41,42)4-2/h5-13,15,17-18,26,28-29,36H,3-4,14,16H2,1-2H3,(H2,34,35)(H,39,40)/t26-,28+,29+/m0/s1. The number of nitrogens with zero attached hydrogens (tertiary/aromatic N) is 2. The minimum atomic E-state index is -3.78. The zero-order chi connectivity index (χ0) is 32.3. The van der Waals surface area contributed by atoms with Gasteiger partial charge in [0.25, 0.3) is 0 Å². The molecule has 0 radical (unpaired) electrons. The molecule has 1 saturated heterocycles. The van der Waals surface area contributed by atoms with Gasteiger partial charge in [-0.05, 0) is 66.4 Å². The van der Waals surface area contributed by atoms with Crippen LogP contribution in [-0.2, 0) is 19.4 Å². The molecule has 236 valence electrons. The number of carbonyl (C=O) groups is 2. The van der Waals surface area contributed by atoms with Gasteiger partial charge in [0, 0.05) is 35.8 Å². The molecule has 0 spiro atoms. The number of anilines is 2. The van der Waals surface area contributed by atoms with Crippen molar-refractivity contribution in [1.29, 1.82) is 0 Å². The Morgan fingerprint density at radius 2 is 1.91 bits per heavy atom. The number of carboxylic acid groups (broad SMARTS) is 1. The van der Waals surface area contributed by atoms with Gasteiger partial charge >= 0.3 is 6.16 Å². The van der Waals surface area contributed by atoms with E-state index in [1.165, 1.54) is 42.2 Å². The number of nitrogen functional groups attached to an aromatic ring is 1. The third-order valence-electron chi connectivity index (χ3n) is 7.77. The SMILES string of the molecule is CCOc1ccc(F)c([C@@H](Nc2ccc3c(N)nccc3c2)C(=O)N2CC[C@H](OC(=O)O)[C@H]2c2ccccc2S(=O)(=O)CC)c1. The van der Waals surface area contributed by atoms with Gasteiger partial charge in [-0.25, -0.2) is 22.6 Å². The van der Waals surface area contributed by atoms with Gasteiger partial charge < -0.3 is 30.5 Å². The first kappa shape index (κ1) is 31.5. The zero-order valence-corrected chi connectivity index (χ0v) is 25.5. The van der Waals surface area contributed by atoms with E-state index in [0.29, 0.717) is 29.2 Å². The molecular weight excluding hydrogens is 603 g/mol. The molecule has 0 unspecified atom stereocenters. The molecule has 3 atom stereocenters. The topological polar surface area (TPSA) is 161 Å². The molecule has 45 heavy (non-hydrogen) atoms. The quantitative estimate of drug-likeness (QED) is 0.194. The third-order valence-corrected chi connectivity index (χ3v) is 9.58. The van der Waals surface area contributed by atoms with E-state index in [0.717, 1.165) is 5.39 Å². The number of rotatable bonds is 10. The largest absolute Gasteiger partial charge is 0.506 e. The first-order valence-electron chi connectivity index (χ1n) is 14.4. The van der Waals surface area contributed by atoms with Crippen molar-refractivity contribution < 1.29 is 37.0 Å². The third kappa shape index (κ3) is 6.48. The maximum atomic E-state index is 15.6. The number of nitrogens with one attached hydrogen (secondary N) is 1. The van der Waals surface area contributed by atoms with E-state index in [2.05, 4.69) is 10.3 Å². The van der Waals surface area contributed by atoms with Gasteiger partial charge in [-0.15, -0.1) is 0 Å². The second-order valence-corrected chi connectivity index (χ2v) is 12.7. The molecule has 2 heterocycles. The van der Waals surface area contributed by atoms with Crippen molar-refractivity contribution in [3.63, 3.8) is 0 Å². The van der Waals surface area contributed by atoms with Crippen molar-refractivity contribution >= 4 is 44.2 Å². The molecule has 3 aromatic carbocycles. The number of fused-ring (bicyclic) bond motifs is 1. The molecule has 0 bridgehead atoms. The van der Waals surface area contributed by atoms with Crippen molar-refractivity contribution in [3.8, 4) is 5.75 Å². The molecule has 0 aliphatic carbocycles. The van der Waals surface area contributed by atoms with Crippen LogP contribution in [0.4, 0.5) is 20.7 Å². The van der Waals surface area contributed by atoms with E-state index >= 15 is 4.39 Å². The molecule has 1 aromatic heterocycles. The average Bonchev–Trinajstić information content (AvgIpc) is 3.43. The van der Waals surface area contributed by atoms with Gasteiger partial charge in [0.05, 0.1) is 23.3 Å². The highest BCUT2D eigenvalue weighted by Gasteiger charge is 2.45. The van der Waals surface area contributed by atoms with Crippen LogP contribution in [0.25, 0.3) is 10.8 Å². The van der Waals surface area contributed by atoms with Gasteiger partial charge in [-0.1, -0.05) is 25.1 Å². The van der Waals surface area contributed by atoms with Crippen molar-refractivity contribution in [3.05, 3.63) is 89.9 Å². The van der Waals surface area contributed by atoms with Crippen LogP contribution in [0.1, 0.15) is 43.5 Å². The van der Waals surface area contributed by atoms with E-state index in [9.17, 15) is 23.1 Å². The number of amides is 1. The minimum absolute atomic E-state index is 0.0175. The number of aromatic nitrogens is 1. The lowest BCUT2D eigenvalue weighted by Gasteiger charge is -2.33. The van der Waals surface area contributed by atoms with E-state index in [1.807, 2.05) is 0 Å². The number of hydrogen-bond acceptors (Lipinski definition) is 9. The summed E-state index contributed by atoms with van der Waals surface area (Å²) in [4.78, 5) is 31.7. The Hall–Kier alpha value is -4.91. The van der Waals surface area contributed by atoms with Gasteiger partial charge in [0.2, 0.25) is 5.91 Å². The average molecular weight is 637 g/mol. The second-order valence-electron chi connectivity index (χ2n) is 10.5. The molecule has 4 N–H and O–H groups in total. The molecule has 0 saturated carbocycles. The molecule has 4 aromatic rings. The fourth-order valence-corrected chi connectivity index (χ4v) is 6.84. The number of halogens is 1. The maximum absolute atomic E-state index is 15.6. The normalized spacial score (nSPS) is 17.2. The predicted octanol–water partition coefficient (Wildman–Crippen LogP) is 5.34. The summed E-state index contributed by atoms with van der Waals surface area (Å²) >= 11 is 0. The fraction of sp³-hybridized carbons (Fsp3) is 0.281. The number of likely N-dealkylation sites (tertiary alicyclic amines) is 1. The summed E-state index contributed by atoms with van der Waals surface area (Å²) in [6.07, 6.45) is -0.991. The highest BCUT2D eigenvalue weighted by Crippen LogP contribution is 2.41. The second kappa shape index (κ2) is 13.0. The van der Waals surface area contributed by atoms with E-state index in [-0.39, 0.29) is 34.7 Å². The Morgan fingerprint density at radius 1 is 1.13 bits per heavy atom. The fourth-order valence-electron chi connectivity index (χ4n) is 5.69. The highest BCUT2D eigenvalue weighted by molar-refractivity contribution is 7.91. The van der Waals surface area contributed by atoms with Crippen LogP contribution in [0.3, 0.4) is 0 Å². The first-order chi connectivity index (χ1) is 21.5. The summed E-state index contributed by atoms with van der Waals surface area (Å²) in [5, 5.41) is 14.1. The molecule has 1 fully saturated rings. The monoisotopic (exact) mass is 636 g/mol. The zero-order valence-electron chi connectivity index (χ0n) is 24.6. The predicted molar refractivity (Wildman–Crippen MR) is 166 cm³/mol. The van der Waals surface area contributed by atoms with Crippen molar-refractivity contribution in [2.45, 2.75) is 43.4 Å². The molecule has 11 nitrogen and oxygen atoms in total. The molecule has 1 amide bonds. The summed E-state index contributed by atoms with van der Waals surface area (Å²) in [6.45, 7) is 3.60. The summed E-state index contributed by atoms with van der Waals surface area (Å²) < 4.78 is 52.6. The van der Waals surface area contributed by atoms with Crippen molar-refractivity contribution in [2.24, 2.45) is 0 Å². The van der Waals surface area contributed by atoms with Crippen LogP contribution in [-0.4, -0.2) is 60.5 Å². The lowest BCUT2D eigenvalue weighted by molar-refractivity contribution is -0.134. The van der Waals surface area contributed by atoms with E-state index in [4.69, 9.17) is 15.2 Å². The molecule has 1 aliphatic heterocycles. The highest BCUT2D eigenvalue weighted by atomic mass is 32.2.